The number of hydrogen-bond acceptors (Lipinski definition) is 5. The van der Waals surface area contributed by atoms with E-state index in [0.29, 0.717) is 19.7 Å². The summed E-state index contributed by atoms with van der Waals surface area (Å²) in [4.78, 5) is 4.23. The van der Waals surface area contributed by atoms with Crippen molar-refractivity contribution in [2.75, 3.05) is 32.7 Å². The maximum atomic E-state index is 5.49. The smallest absolute Gasteiger partial charge is 0.125 e. The van der Waals surface area contributed by atoms with Gasteiger partial charge in [0.1, 0.15) is 5.82 Å². The summed E-state index contributed by atoms with van der Waals surface area (Å²) in [6.07, 6.45) is 1.79. The van der Waals surface area contributed by atoms with Crippen LogP contribution in [0.15, 0.2) is 18.3 Å². The van der Waals surface area contributed by atoms with E-state index < -0.39 is 0 Å². The number of ether oxygens (including phenoxy) is 2. The minimum Gasteiger partial charge on any atom is -0.382 e. The van der Waals surface area contributed by atoms with Crippen LogP contribution in [0, 0.1) is 0 Å². The van der Waals surface area contributed by atoms with Crippen molar-refractivity contribution in [3.63, 3.8) is 0 Å². The van der Waals surface area contributed by atoms with Crippen LogP contribution >= 0.6 is 0 Å². The molecular weight excluding hydrogens is 206 g/mol. The van der Waals surface area contributed by atoms with Gasteiger partial charge in [-0.3, -0.25) is 0 Å². The van der Waals surface area contributed by atoms with E-state index in [1.165, 1.54) is 0 Å². The van der Waals surface area contributed by atoms with Crippen LogP contribution in [-0.2, 0) is 16.0 Å². The van der Waals surface area contributed by atoms with E-state index in [4.69, 9.17) is 15.2 Å². The lowest BCUT2D eigenvalue weighted by Gasteiger charge is -2.15. The van der Waals surface area contributed by atoms with Gasteiger partial charge in [-0.15, -0.1) is 0 Å². The number of methoxy groups -OCH3 is 2. The monoisotopic (exact) mass is 225 g/mol. The van der Waals surface area contributed by atoms with Crippen LogP contribution in [0.4, 0.5) is 5.82 Å². The molecule has 1 aromatic heterocycles. The molecule has 0 aromatic carbocycles. The van der Waals surface area contributed by atoms with Crippen molar-refractivity contribution in [2.24, 2.45) is 5.73 Å². The third-order valence-electron chi connectivity index (χ3n) is 2.26. The topological polar surface area (TPSA) is 69.4 Å². The van der Waals surface area contributed by atoms with E-state index in [9.17, 15) is 0 Å². The molecule has 0 bridgehead atoms. The second-order valence-electron chi connectivity index (χ2n) is 3.45. The molecule has 1 aromatic rings. The Morgan fingerprint density at radius 2 is 2.25 bits per heavy atom. The highest BCUT2D eigenvalue weighted by molar-refractivity contribution is 5.35. The zero-order valence-corrected chi connectivity index (χ0v) is 9.77. The molecule has 90 valence electrons. The Morgan fingerprint density at radius 3 is 2.75 bits per heavy atom. The molecule has 1 heterocycles. The van der Waals surface area contributed by atoms with Crippen LogP contribution in [-0.4, -0.2) is 38.5 Å². The first-order valence-electron chi connectivity index (χ1n) is 5.20. The molecule has 0 amide bonds. The third-order valence-corrected chi connectivity index (χ3v) is 2.26. The van der Waals surface area contributed by atoms with E-state index in [2.05, 4.69) is 10.3 Å². The summed E-state index contributed by atoms with van der Waals surface area (Å²) < 4.78 is 10.2. The van der Waals surface area contributed by atoms with Gasteiger partial charge in [0, 0.05) is 33.5 Å². The number of rotatable bonds is 7. The van der Waals surface area contributed by atoms with Crippen molar-refractivity contribution in [3.8, 4) is 0 Å². The highest BCUT2D eigenvalue weighted by atomic mass is 16.5. The summed E-state index contributed by atoms with van der Waals surface area (Å²) in [5.41, 5.74) is 6.51. The number of nitrogens with zero attached hydrogens (tertiary/aromatic N) is 1. The fourth-order valence-electron chi connectivity index (χ4n) is 1.26. The standard InChI is InChI=1S/C11H19N3O2/c1-15-8-10(16-2)7-14-11-4-3-9(5-12)6-13-11/h3-4,6,10H,5,7-8,12H2,1-2H3,(H,13,14). The van der Waals surface area contributed by atoms with Crippen molar-refractivity contribution >= 4 is 5.82 Å². The average molecular weight is 225 g/mol. The lowest BCUT2D eigenvalue weighted by molar-refractivity contribution is 0.0365. The zero-order chi connectivity index (χ0) is 11.8. The molecule has 0 saturated carbocycles. The van der Waals surface area contributed by atoms with Gasteiger partial charge in [0.2, 0.25) is 0 Å². The molecule has 1 rings (SSSR count). The van der Waals surface area contributed by atoms with Crippen molar-refractivity contribution in [3.05, 3.63) is 23.9 Å². The van der Waals surface area contributed by atoms with E-state index >= 15 is 0 Å². The molecule has 0 aliphatic rings. The van der Waals surface area contributed by atoms with Gasteiger partial charge in [0.15, 0.2) is 0 Å². The van der Waals surface area contributed by atoms with Crippen molar-refractivity contribution in [1.82, 2.24) is 4.98 Å². The fourth-order valence-corrected chi connectivity index (χ4v) is 1.26. The highest BCUT2D eigenvalue weighted by Crippen LogP contribution is 2.04. The molecule has 3 N–H and O–H groups in total. The first kappa shape index (κ1) is 12.9. The molecule has 0 aliphatic heterocycles. The minimum absolute atomic E-state index is 0.0287. The quantitative estimate of drug-likeness (QED) is 0.711. The molecule has 16 heavy (non-hydrogen) atoms. The minimum atomic E-state index is 0.0287. The Morgan fingerprint density at radius 1 is 1.44 bits per heavy atom. The predicted molar refractivity (Wildman–Crippen MR) is 63.3 cm³/mol. The SMILES string of the molecule is COCC(CNc1ccc(CN)cn1)OC. The van der Waals surface area contributed by atoms with Crippen LogP contribution in [0.3, 0.4) is 0 Å². The van der Waals surface area contributed by atoms with Crippen LogP contribution in [0.1, 0.15) is 5.56 Å². The maximum Gasteiger partial charge on any atom is 0.125 e. The summed E-state index contributed by atoms with van der Waals surface area (Å²) in [6, 6.07) is 3.86. The lowest BCUT2D eigenvalue weighted by Crippen LogP contribution is -2.26. The number of pyridine rings is 1. The molecule has 5 nitrogen and oxygen atoms in total. The molecule has 0 radical (unpaired) electrons. The molecule has 0 spiro atoms. The number of nitrogens with one attached hydrogen (secondary N) is 1. The summed E-state index contributed by atoms with van der Waals surface area (Å²) >= 11 is 0. The molecule has 0 aliphatic carbocycles. The van der Waals surface area contributed by atoms with E-state index in [1.807, 2.05) is 12.1 Å². The number of anilines is 1. The zero-order valence-electron chi connectivity index (χ0n) is 9.77. The largest absolute Gasteiger partial charge is 0.382 e. The molecular formula is C11H19N3O2. The van der Waals surface area contributed by atoms with Gasteiger partial charge in [0.05, 0.1) is 12.7 Å². The Labute approximate surface area is 96.0 Å². The van der Waals surface area contributed by atoms with Crippen LogP contribution in [0.5, 0.6) is 0 Å². The maximum absolute atomic E-state index is 5.49. The lowest BCUT2D eigenvalue weighted by atomic mass is 10.3. The Bertz CT molecular complexity index is 290. The van der Waals surface area contributed by atoms with Gasteiger partial charge in [-0.2, -0.15) is 0 Å². The second kappa shape index (κ2) is 7.16. The first-order chi connectivity index (χ1) is 7.80. The number of hydrogen-bond donors (Lipinski definition) is 2. The van der Waals surface area contributed by atoms with Crippen molar-refractivity contribution in [2.45, 2.75) is 12.6 Å². The molecule has 0 saturated heterocycles. The van der Waals surface area contributed by atoms with Gasteiger partial charge >= 0.3 is 0 Å². The summed E-state index contributed by atoms with van der Waals surface area (Å²) in [7, 11) is 3.32. The molecule has 5 heteroatoms. The van der Waals surface area contributed by atoms with Gasteiger partial charge in [-0.1, -0.05) is 6.07 Å². The molecule has 0 fully saturated rings. The van der Waals surface area contributed by atoms with Crippen LogP contribution in [0.2, 0.25) is 0 Å². The third kappa shape index (κ3) is 4.14. The van der Waals surface area contributed by atoms with Gasteiger partial charge in [-0.05, 0) is 11.6 Å². The van der Waals surface area contributed by atoms with E-state index in [-0.39, 0.29) is 6.10 Å². The van der Waals surface area contributed by atoms with E-state index in [1.54, 1.807) is 20.4 Å². The normalized spacial score (nSPS) is 12.4. The van der Waals surface area contributed by atoms with Crippen molar-refractivity contribution in [1.29, 1.82) is 0 Å². The second-order valence-corrected chi connectivity index (χ2v) is 3.45. The average Bonchev–Trinajstić information content (AvgIpc) is 2.35. The van der Waals surface area contributed by atoms with Gasteiger partial charge in [0.25, 0.3) is 0 Å². The predicted octanol–water partition coefficient (Wildman–Crippen LogP) is 0.614. The molecule has 1 unspecified atom stereocenters. The van der Waals surface area contributed by atoms with E-state index in [0.717, 1.165) is 11.4 Å². The summed E-state index contributed by atoms with van der Waals surface area (Å²) in [5, 5.41) is 3.17. The summed E-state index contributed by atoms with van der Waals surface area (Å²) in [5.74, 6) is 0.815. The summed E-state index contributed by atoms with van der Waals surface area (Å²) in [6.45, 7) is 1.74. The van der Waals surface area contributed by atoms with Crippen LogP contribution in [0.25, 0.3) is 0 Å². The Hall–Kier alpha value is -1.17. The Balaban J connectivity index is 2.40. The molecule has 1 atom stereocenters. The Kier molecular flexibility index (Phi) is 5.77. The van der Waals surface area contributed by atoms with Gasteiger partial charge < -0.3 is 20.5 Å². The first-order valence-corrected chi connectivity index (χ1v) is 5.20. The fraction of sp³-hybridized carbons (Fsp3) is 0.545. The number of nitrogens with two attached hydrogens (primary N) is 1. The number of aromatic nitrogens is 1. The highest BCUT2D eigenvalue weighted by Gasteiger charge is 2.06. The van der Waals surface area contributed by atoms with Crippen molar-refractivity contribution < 1.29 is 9.47 Å². The van der Waals surface area contributed by atoms with Crippen LogP contribution < -0.4 is 11.1 Å². The van der Waals surface area contributed by atoms with Gasteiger partial charge in [-0.25, -0.2) is 4.98 Å².